The predicted molar refractivity (Wildman–Crippen MR) is 85.0 cm³/mol. The predicted octanol–water partition coefficient (Wildman–Crippen LogP) is 4.00. The second kappa shape index (κ2) is 8.81. The van der Waals surface area contributed by atoms with Gasteiger partial charge in [-0.05, 0) is 35.9 Å². The molecule has 25 heavy (non-hydrogen) atoms. The molecular weight excluding hydrogens is 339 g/mol. The molecule has 0 bridgehead atoms. The summed E-state index contributed by atoms with van der Waals surface area (Å²) in [6.07, 6.45) is 1.37. The summed E-state index contributed by atoms with van der Waals surface area (Å²) >= 11 is 0. The number of nitrogens with zero attached hydrogens (tertiary/aromatic N) is 1. The van der Waals surface area contributed by atoms with Gasteiger partial charge in [-0.25, -0.2) is 4.39 Å². The number of hydrogen-bond donors (Lipinski definition) is 0. The maximum Gasteiger partial charge on any atom is 0.387 e. The minimum Gasteiger partial charge on any atom is -0.494 e. The van der Waals surface area contributed by atoms with Gasteiger partial charge in [0.2, 0.25) is 0 Å². The van der Waals surface area contributed by atoms with Crippen molar-refractivity contribution < 1.29 is 32.2 Å². The van der Waals surface area contributed by atoms with Gasteiger partial charge in [0.15, 0.2) is 23.1 Å². The molecule has 0 aromatic heterocycles. The zero-order valence-electron chi connectivity index (χ0n) is 13.5. The average molecular weight is 355 g/mol. The SMILES string of the molecule is COc1ccc(CON=Cc2ccc(OC(F)F)c(OC)c2)cc1F. The average Bonchev–Trinajstić information content (AvgIpc) is 2.59. The molecule has 0 fully saturated rings. The fraction of sp³-hybridized carbons (Fsp3) is 0.235. The lowest BCUT2D eigenvalue weighted by Crippen LogP contribution is -2.03. The molecule has 0 N–H and O–H groups in total. The number of ether oxygens (including phenoxy) is 3. The van der Waals surface area contributed by atoms with Crippen molar-refractivity contribution in [3.05, 3.63) is 53.3 Å². The Balaban J connectivity index is 1.96. The van der Waals surface area contributed by atoms with Crippen LogP contribution < -0.4 is 14.2 Å². The highest BCUT2D eigenvalue weighted by Gasteiger charge is 2.10. The Morgan fingerprint density at radius 1 is 1.00 bits per heavy atom. The summed E-state index contributed by atoms with van der Waals surface area (Å²) in [4.78, 5) is 5.09. The molecule has 0 aliphatic heterocycles. The molecule has 0 atom stereocenters. The number of rotatable bonds is 8. The molecule has 0 heterocycles. The van der Waals surface area contributed by atoms with E-state index in [1.165, 1.54) is 50.8 Å². The Kier molecular flexibility index (Phi) is 6.50. The number of halogens is 3. The molecule has 0 unspecified atom stereocenters. The highest BCUT2D eigenvalue weighted by atomic mass is 19.3. The molecule has 0 amide bonds. The van der Waals surface area contributed by atoms with Crippen LogP contribution in [0.15, 0.2) is 41.6 Å². The molecule has 2 aromatic rings. The largest absolute Gasteiger partial charge is 0.494 e. The van der Waals surface area contributed by atoms with Crippen LogP contribution in [-0.4, -0.2) is 27.0 Å². The minimum absolute atomic E-state index is 0.0567. The van der Waals surface area contributed by atoms with Gasteiger partial charge in [-0.1, -0.05) is 11.2 Å². The van der Waals surface area contributed by atoms with Gasteiger partial charge < -0.3 is 19.0 Å². The van der Waals surface area contributed by atoms with Crippen LogP contribution >= 0.6 is 0 Å². The van der Waals surface area contributed by atoms with Crippen molar-refractivity contribution in [1.29, 1.82) is 0 Å². The monoisotopic (exact) mass is 355 g/mol. The van der Waals surface area contributed by atoms with E-state index < -0.39 is 12.4 Å². The fourth-order valence-corrected chi connectivity index (χ4v) is 1.97. The molecule has 134 valence electrons. The van der Waals surface area contributed by atoms with Crippen LogP contribution in [0.3, 0.4) is 0 Å². The highest BCUT2D eigenvalue weighted by Crippen LogP contribution is 2.29. The van der Waals surface area contributed by atoms with Crippen molar-refractivity contribution in [3.8, 4) is 17.2 Å². The number of hydrogen-bond acceptors (Lipinski definition) is 5. The van der Waals surface area contributed by atoms with E-state index in [1.807, 2.05) is 0 Å². The molecular formula is C17H16F3NO4. The number of oxime groups is 1. The van der Waals surface area contributed by atoms with E-state index in [4.69, 9.17) is 14.3 Å². The van der Waals surface area contributed by atoms with Crippen molar-refractivity contribution in [2.45, 2.75) is 13.2 Å². The third-order valence-electron chi connectivity index (χ3n) is 3.13. The Labute approximate surface area is 142 Å². The van der Waals surface area contributed by atoms with Crippen LogP contribution in [0.25, 0.3) is 0 Å². The first kappa shape index (κ1) is 18.4. The molecule has 0 saturated carbocycles. The second-order valence-corrected chi connectivity index (χ2v) is 4.77. The van der Waals surface area contributed by atoms with Crippen molar-refractivity contribution in [2.24, 2.45) is 5.16 Å². The zero-order chi connectivity index (χ0) is 18.2. The smallest absolute Gasteiger partial charge is 0.387 e. The highest BCUT2D eigenvalue weighted by molar-refractivity contribution is 5.80. The summed E-state index contributed by atoms with van der Waals surface area (Å²) in [7, 11) is 2.72. The first-order valence-electron chi connectivity index (χ1n) is 7.14. The Hall–Kier alpha value is -2.90. The molecule has 0 spiro atoms. The first-order valence-corrected chi connectivity index (χ1v) is 7.14. The molecule has 2 rings (SSSR count). The lowest BCUT2D eigenvalue weighted by Gasteiger charge is -2.09. The molecule has 5 nitrogen and oxygen atoms in total. The molecule has 0 aliphatic rings. The normalized spacial score (nSPS) is 11.0. The minimum atomic E-state index is -2.94. The summed E-state index contributed by atoms with van der Waals surface area (Å²) in [6, 6.07) is 8.75. The van der Waals surface area contributed by atoms with Gasteiger partial charge in [-0.15, -0.1) is 0 Å². The van der Waals surface area contributed by atoms with Gasteiger partial charge >= 0.3 is 6.61 Å². The van der Waals surface area contributed by atoms with Gasteiger partial charge in [-0.2, -0.15) is 8.78 Å². The van der Waals surface area contributed by atoms with E-state index in [2.05, 4.69) is 9.89 Å². The van der Waals surface area contributed by atoms with Crippen molar-refractivity contribution in [2.75, 3.05) is 14.2 Å². The van der Waals surface area contributed by atoms with Gasteiger partial charge in [0.05, 0.1) is 20.4 Å². The summed E-state index contributed by atoms with van der Waals surface area (Å²) in [5, 5.41) is 3.75. The molecule has 2 aromatic carbocycles. The van der Waals surface area contributed by atoms with E-state index in [0.29, 0.717) is 11.1 Å². The lowest BCUT2D eigenvalue weighted by molar-refractivity contribution is -0.0512. The fourth-order valence-electron chi connectivity index (χ4n) is 1.97. The maximum atomic E-state index is 13.5. The summed E-state index contributed by atoms with van der Waals surface area (Å²) in [6.45, 7) is -2.89. The quantitative estimate of drug-likeness (QED) is 0.531. The van der Waals surface area contributed by atoms with Crippen molar-refractivity contribution in [1.82, 2.24) is 0 Å². The van der Waals surface area contributed by atoms with Crippen LogP contribution in [0.5, 0.6) is 17.2 Å². The number of methoxy groups -OCH3 is 2. The van der Waals surface area contributed by atoms with E-state index in [0.717, 1.165) is 0 Å². The van der Waals surface area contributed by atoms with Gasteiger partial charge in [-0.3, -0.25) is 0 Å². The molecule has 8 heteroatoms. The van der Waals surface area contributed by atoms with E-state index in [-0.39, 0.29) is 23.9 Å². The Bertz CT molecular complexity index is 738. The molecule has 0 radical (unpaired) electrons. The number of benzene rings is 2. The molecule has 0 aliphatic carbocycles. The van der Waals surface area contributed by atoms with Crippen molar-refractivity contribution >= 4 is 6.21 Å². The first-order chi connectivity index (χ1) is 12.0. The Morgan fingerprint density at radius 2 is 1.72 bits per heavy atom. The summed E-state index contributed by atoms with van der Waals surface area (Å²) < 4.78 is 52.2. The van der Waals surface area contributed by atoms with E-state index in [9.17, 15) is 13.2 Å². The summed E-state index contributed by atoms with van der Waals surface area (Å²) in [5.41, 5.74) is 1.13. The third kappa shape index (κ3) is 5.30. The summed E-state index contributed by atoms with van der Waals surface area (Å²) in [5.74, 6) is -0.289. The van der Waals surface area contributed by atoms with Gasteiger partial charge in [0.25, 0.3) is 0 Å². The van der Waals surface area contributed by atoms with Crippen LogP contribution in [0.4, 0.5) is 13.2 Å². The van der Waals surface area contributed by atoms with Crippen molar-refractivity contribution in [3.63, 3.8) is 0 Å². The maximum absolute atomic E-state index is 13.5. The van der Waals surface area contributed by atoms with Gasteiger partial charge in [0, 0.05) is 5.56 Å². The van der Waals surface area contributed by atoms with Gasteiger partial charge in [0.1, 0.15) is 6.61 Å². The van der Waals surface area contributed by atoms with Crippen LogP contribution in [0.2, 0.25) is 0 Å². The standard InChI is InChI=1S/C17H16F3NO4/c1-22-14-5-4-12(7-13(14)18)10-24-21-9-11-3-6-15(25-17(19)20)16(8-11)23-2/h3-9,17H,10H2,1-2H3. The van der Waals surface area contributed by atoms with E-state index >= 15 is 0 Å². The van der Waals surface area contributed by atoms with Crippen LogP contribution in [-0.2, 0) is 11.4 Å². The number of alkyl halides is 2. The second-order valence-electron chi connectivity index (χ2n) is 4.77. The third-order valence-corrected chi connectivity index (χ3v) is 3.13. The zero-order valence-corrected chi connectivity index (χ0v) is 13.5. The van der Waals surface area contributed by atoms with Crippen LogP contribution in [0, 0.1) is 5.82 Å². The Morgan fingerprint density at radius 3 is 2.36 bits per heavy atom. The topological polar surface area (TPSA) is 49.3 Å². The lowest BCUT2D eigenvalue weighted by atomic mass is 10.2. The van der Waals surface area contributed by atoms with Crippen LogP contribution in [0.1, 0.15) is 11.1 Å². The molecule has 0 saturated heterocycles. The van der Waals surface area contributed by atoms with E-state index in [1.54, 1.807) is 6.07 Å².